The number of halogens is 2. The van der Waals surface area contributed by atoms with E-state index in [1.54, 1.807) is 11.3 Å². The first-order valence-electron chi connectivity index (χ1n) is 5.85. The summed E-state index contributed by atoms with van der Waals surface area (Å²) in [6.45, 7) is 3.02. The van der Waals surface area contributed by atoms with Gasteiger partial charge in [-0.2, -0.15) is 0 Å². The average Bonchev–Trinajstić information content (AvgIpc) is 2.76. The largest absolute Gasteiger partial charge is 0.309 e. The molecule has 0 fully saturated rings. The van der Waals surface area contributed by atoms with E-state index in [0.29, 0.717) is 6.04 Å². The van der Waals surface area contributed by atoms with Gasteiger partial charge in [0.05, 0.1) is 5.02 Å². The molecule has 1 heterocycles. The van der Waals surface area contributed by atoms with Crippen LogP contribution in [0.4, 0.5) is 0 Å². The van der Waals surface area contributed by atoms with Crippen LogP contribution in [0.25, 0.3) is 0 Å². The first-order chi connectivity index (χ1) is 8.65. The van der Waals surface area contributed by atoms with Crippen LogP contribution < -0.4 is 5.32 Å². The summed E-state index contributed by atoms with van der Waals surface area (Å²) in [5.74, 6) is 0. The number of hydrogen-bond acceptors (Lipinski definition) is 2. The highest BCUT2D eigenvalue weighted by Gasteiger charge is 2.06. The fraction of sp³-hybridized carbons (Fsp3) is 0.286. The Morgan fingerprint density at radius 1 is 1.28 bits per heavy atom. The number of rotatable bonds is 5. The van der Waals surface area contributed by atoms with E-state index in [0.717, 1.165) is 23.0 Å². The third kappa shape index (κ3) is 3.99. The van der Waals surface area contributed by atoms with Gasteiger partial charge in [0.2, 0.25) is 0 Å². The predicted molar refractivity (Wildman–Crippen MR) is 80.8 cm³/mol. The molecule has 4 heteroatoms. The summed E-state index contributed by atoms with van der Waals surface area (Å²) < 4.78 is 0. The molecule has 0 radical (unpaired) electrons. The lowest BCUT2D eigenvalue weighted by Crippen LogP contribution is -2.27. The maximum absolute atomic E-state index is 6.15. The van der Waals surface area contributed by atoms with Crippen LogP contribution in [-0.2, 0) is 13.0 Å². The molecule has 0 spiro atoms. The third-order valence-electron chi connectivity index (χ3n) is 2.73. The van der Waals surface area contributed by atoms with Crippen molar-refractivity contribution in [2.45, 2.75) is 25.9 Å². The molecule has 18 heavy (non-hydrogen) atoms. The molecule has 1 atom stereocenters. The van der Waals surface area contributed by atoms with Gasteiger partial charge >= 0.3 is 0 Å². The van der Waals surface area contributed by atoms with E-state index in [1.807, 2.05) is 29.6 Å². The Kier molecular flexibility index (Phi) is 5.07. The maximum atomic E-state index is 6.15. The molecule has 0 saturated heterocycles. The van der Waals surface area contributed by atoms with Gasteiger partial charge in [-0.1, -0.05) is 41.4 Å². The van der Waals surface area contributed by atoms with E-state index in [1.165, 1.54) is 10.4 Å². The Balaban J connectivity index is 1.85. The highest BCUT2D eigenvalue weighted by Crippen LogP contribution is 2.20. The second-order valence-electron chi connectivity index (χ2n) is 4.31. The minimum Gasteiger partial charge on any atom is -0.309 e. The van der Waals surface area contributed by atoms with Crippen molar-refractivity contribution in [3.05, 3.63) is 56.2 Å². The molecule has 1 aromatic carbocycles. The summed E-state index contributed by atoms with van der Waals surface area (Å²) in [5, 5.41) is 7.09. The zero-order valence-electron chi connectivity index (χ0n) is 10.1. The fourth-order valence-corrected chi connectivity index (χ4v) is 3.02. The van der Waals surface area contributed by atoms with Crippen LogP contribution in [0.1, 0.15) is 17.4 Å². The quantitative estimate of drug-likeness (QED) is 0.838. The Hall–Kier alpha value is -0.540. The van der Waals surface area contributed by atoms with E-state index in [9.17, 15) is 0 Å². The minimum absolute atomic E-state index is 0.380. The molecule has 1 unspecified atom stereocenters. The molecule has 0 amide bonds. The van der Waals surface area contributed by atoms with E-state index < -0.39 is 0 Å². The Morgan fingerprint density at radius 2 is 2.06 bits per heavy atom. The summed E-state index contributed by atoms with van der Waals surface area (Å²) in [7, 11) is 0. The van der Waals surface area contributed by atoms with Crippen LogP contribution in [0, 0.1) is 0 Å². The molecule has 0 aliphatic carbocycles. The predicted octanol–water partition coefficient (Wildman–Crippen LogP) is 4.78. The SMILES string of the molecule is CC(Cc1ccccc1Cl)NCc1cc(Cl)cs1. The van der Waals surface area contributed by atoms with Gasteiger partial charge in [0, 0.05) is 27.9 Å². The van der Waals surface area contributed by atoms with E-state index in [-0.39, 0.29) is 0 Å². The minimum atomic E-state index is 0.380. The highest BCUT2D eigenvalue weighted by atomic mass is 35.5. The van der Waals surface area contributed by atoms with Gasteiger partial charge in [0.1, 0.15) is 0 Å². The Morgan fingerprint density at radius 3 is 2.72 bits per heavy atom. The van der Waals surface area contributed by atoms with Crippen LogP contribution in [0.2, 0.25) is 10.0 Å². The van der Waals surface area contributed by atoms with Crippen LogP contribution in [0.3, 0.4) is 0 Å². The van der Waals surface area contributed by atoms with Crippen LogP contribution >= 0.6 is 34.5 Å². The molecule has 1 N–H and O–H groups in total. The first kappa shape index (κ1) is 13.9. The van der Waals surface area contributed by atoms with Gasteiger partial charge < -0.3 is 5.32 Å². The molecule has 0 aliphatic rings. The van der Waals surface area contributed by atoms with Crippen molar-refractivity contribution >= 4 is 34.5 Å². The van der Waals surface area contributed by atoms with Gasteiger partial charge in [-0.05, 0) is 31.0 Å². The van der Waals surface area contributed by atoms with Crippen molar-refractivity contribution in [3.63, 3.8) is 0 Å². The van der Waals surface area contributed by atoms with Crippen molar-refractivity contribution in [3.8, 4) is 0 Å². The maximum Gasteiger partial charge on any atom is 0.0516 e. The summed E-state index contributed by atoms with van der Waals surface area (Å²) in [5.41, 5.74) is 1.18. The van der Waals surface area contributed by atoms with Crippen molar-refractivity contribution in [1.29, 1.82) is 0 Å². The van der Waals surface area contributed by atoms with Gasteiger partial charge in [-0.3, -0.25) is 0 Å². The van der Waals surface area contributed by atoms with Crippen molar-refractivity contribution in [2.75, 3.05) is 0 Å². The standard InChI is InChI=1S/C14H15Cl2NS/c1-10(6-11-4-2-3-5-14(11)16)17-8-13-7-12(15)9-18-13/h2-5,7,9-10,17H,6,8H2,1H3. The Labute approximate surface area is 122 Å². The molecular formula is C14H15Cl2NS. The molecule has 1 nitrogen and oxygen atoms in total. The zero-order valence-corrected chi connectivity index (χ0v) is 12.4. The molecule has 2 rings (SSSR count). The van der Waals surface area contributed by atoms with E-state index in [4.69, 9.17) is 23.2 Å². The van der Waals surface area contributed by atoms with Crippen molar-refractivity contribution in [2.24, 2.45) is 0 Å². The molecule has 1 aromatic heterocycles. The third-order valence-corrected chi connectivity index (χ3v) is 4.38. The average molecular weight is 300 g/mol. The first-order valence-corrected chi connectivity index (χ1v) is 7.48. The second kappa shape index (κ2) is 6.58. The summed E-state index contributed by atoms with van der Waals surface area (Å²) in [4.78, 5) is 1.26. The van der Waals surface area contributed by atoms with Gasteiger partial charge in [-0.25, -0.2) is 0 Å². The summed E-state index contributed by atoms with van der Waals surface area (Å²) >= 11 is 13.7. The van der Waals surface area contributed by atoms with Gasteiger partial charge in [0.25, 0.3) is 0 Å². The fourth-order valence-electron chi connectivity index (χ4n) is 1.79. The van der Waals surface area contributed by atoms with Crippen LogP contribution in [0.5, 0.6) is 0 Å². The lowest BCUT2D eigenvalue weighted by Gasteiger charge is -2.14. The molecule has 0 aliphatic heterocycles. The van der Waals surface area contributed by atoms with Crippen LogP contribution in [0.15, 0.2) is 35.7 Å². The molecule has 96 valence electrons. The lowest BCUT2D eigenvalue weighted by atomic mass is 10.1. The Bertz CT molecular complexity index is 510. The highest BCUT2D eigenvalue weighted by molar-refractivity contribution is 7.10. The smallest absolute Gasteiger partial charge is 0.0516 e. The topological polar surface area (TPSA) is 12.0 Å². The van der Waals surface area contributed by atoms with Crippen molar-refractivity contribution in [1.82, 2.24) is 5.32 Å². The van der Waals surface area contributed by atoms with Gasteiger partial charge in [0.15, 0.2) is 0 Å². The van der Waals surface area contributed by atoms with Crippen molar-refractivity contribution < 1.29 is 0 Å². The summed E-state index contributed by atoms with van der Waals surface area (Å²) in [6.07, 6.45) is 0.929. The summed E-state index contributed by atoms with van der Waals surface area (Å²) in [6, 6.07) is 10.4. The molecule has 2 aromatic rings. The number of benzene rings is 1. The van der Waals surface area contributed by atoms with E-state index in [2.05, 4.69) is 18.3 Å². The number of nitrogens with one attached hydrogen (secondary N) is 1. The lowest BCUT2D eigenvalue weighted by molar-refractivity contribution is 0.549. The number of thiophene rings is 1. The molecule has 0 bridgehead atoms. The zero-order chi connectivity index (χ0) is 13.0. The number of hydrogen-bond donors (Lipinski definition) is 1. The molecule has 0 saturated carbocycles. The second-order valence-corrected chi connectivity index (χ2v) is 6.15. The van der Waals surface area contributed by atoms with Gasteiger partial charge in [-0.15, -0.1) is 11.3 Å². The van der Waals surface area contributed by atoms with E-state index >= 15 is 0 Å². The molecular weight excluding hydrogens is 285 g/mol. The normalized spacial score (nSPS) is 12.6. The monoisotopic (exact) mass is 299 g/mol. The van der Waals surface area contributed by atoms with Crippen LogP contribution in [-0.4, -0.2) is 6.04 Å².